The van der Waals surface area contributed by atoms with E-state index in [-0.39, 0.29) is 16.4 Å². The van der Waals surface area contributed by atoms with Crippen LogP contribution in [0.15, 0.2) is 88.9 Å². The molecule has 8 nitrogen and oxygen atoms in total. The highest BCUT2D eigenvalue weighted by Crippen LogP contribution is 2.35. The summed E-state index contributed by atoms with van der Waals surface area (Å²) in [6, 6.07) is 18.5. The number of nitrogens with two attached hydrogens (primary N) is 1. The monoisotopic (exact) mass is 550 g/mol. The van der Waals surface area contributed by atoms with Crippen molar-refractivity contribution in [3.63, 3.8) is 0 Å². The summed E-state index contributed by atoms with van der Waals surface area (Å²) in [4.78, 5) is 11.4. The number of nitrogens with one attached hydrogen (secondary N) is 1. The number of aliphatic carboxylic acids is 1. The zero-order chi connectivity index (χ0) is 27.0. The fourth-order valence-electron chi connectivity index (χ4n) is 4.25. The number of carbonyl (C=O) groups is 1. The molecule has 0 amide bonds. The summed E-state index contributed by atoms with van der Waals surface area (Å²) in [7, 11) is -3.81. The lowest BCUT2D eigenvalue weighted by molar-refractivity contribution is -0.133. The zero-order valence-corrected chi connectivity index (χ0v) is 21.8. The van der Waals surface area contributed by atoms with Gasteiger partial charge in [0, 0.05) is 29.2 Å². The number of aromatic nitrogens is 2. The Bertz CT molecular complexity index is 1680. The molecule has 1 unspecified atom stereocenters. The second kappa shape index (κ2) is 10.1. The van der Waals surface area contributed by atoms with Crippen LogP contribution in [0, 0.1) is 12.7 Å². The van der Waals surface area contributed by atoms with Crippen LogP contribution in [-0.2, 0) is 21.2 Å². The first kappa shape index (κ1) is 25.7. The van der Waals surface area contributed by atoms with Gasteiger partial charge in [-0.3, -0.25) is 0 Å². The highest BCUT2D eigenvalue weighted by atomic mass is 32.2. The summed E-state index contributed by atoms with van der Waals surface area (Å²) >= 11 is 1.29. The average Bonchev–Trinajstić information content (AvgIpc) is 3.52. The molecule has 0 aliphatic carbocycles. The van der Waals surface area contributed by atoms with Gasteiger partial charge in [0.05, 0.1) is 10.6 Å². The summed E-state index contributed by atoms with van der Waals surface area (Å²) in [6.07, 6.45) is 2.27. The van der Waals surface area contributed by atoms with Gasteiger partial charge < -0.3 is 10.4 Å². The Balaban J connectivity index is 1.56. The van der Waals surface area contributed by atoms with E-state index < -0.39 is 21.5 Å². The molecule has 4 N–H and O–H groups in total. The predicted molar refractivity (Wildman–Crippen MR) is 144 cm³/mol. The number of aryl methyl sites for hydroxylation is 1. The minimum absolute atomic E-state index is 0.0225. The molecule has 0 fully saturated rings. The van der Waals surface area contributed by atoms with Crippen molar-refractivity contribution in [3.8, 4) is 22.4 Å². The van der Waals surface area contributed by atoms with Crippen LogP contribution in [0.3, 0.4) is 0 Å². The van der Waals surface area contributed by atoms with Crippen LogP contribution in [-0.4, -0.2) is 29.3 Å². The van der Waals surface area contributed by atoms with E-state index in [1.54, 1.807) is 22.9 Å². The highest BCUT2D eigenvalue weighted by Gasteiger charge is 2.25. The molecule has 1 aliphatic rings. The lowest BCUT2D eigenvalue weighted by Gasteiger charge is -2.12. The van der Waals surface area contributed by atoms with E-state index in [0.717, 1.165) is 33.4 Å². The molecule has 5 rings (SSSR count). The third-order valence-electron chi connectivity index (χ3n) is 6.17. The summed E-state index contributed by atoms with van der Waals surface area (Å²) in [5, 5.41) is 23.8. The van der Waals surface area contributed by atoms with E-state index in [0.29, 0.717) is 12.1 Å². The van der Waals surface area contributed by atoms with Gasteiger partial charge >= 0.3 is 5.97 Å². The molecule has 194 valence electrons. The normalized spacial score (nSPS) is 15.2. The van der Waals surface area contributed by atoms with Gasteiger partial charge in [-0.1, -0.05) is 48.2 Å². The molecule has 4 aromatic rings. The van der Waals surface area contributed by atoms with E-state index in [4.69, 9.17) is 10.2 Å². The van der Waals surface area contributed by atoms with Crippen molar-refractivity contribution in [2.75, 3.05) is 0 Å². The predicted octanol–water partition coefficient (Wildman–Crippen LogP) is 4.62. The van der Waals surface area contributed by atoms with E-state index in [2.05, 4.69) is 5.32 Å². The van der Waals surface area contributed by atoms with Gasteiger partial charge in [-0.2, -0.15) is 5.10 Å². The van der Waals surface area contributed by atoms with Crippen molar-refractivity contribution in [3.05, 3.63) is 107 Å². The molecule has 11 heteroatoms. The number of primary sulfonamides is 1. The number of hydrogen-bond acceptors (Lipinski definition) is 6. The van der Waals surface area contributed by atoms with E-state index in [1.165, 1.54) is 41.4 Å². The summed E-state index contributed by atoms with van der Waals surface area (Å²) in [6.45, 7) is 1.95. The average molecular weight is 551 g/mol. The number of rotatable bonds is 7. The standard InChI is InChI=1S/C27H23FN4O4S2/c1-16-5-8-19(13-23(16)18-3-2-4-21(28)12-18)25-20(11-17-6-9-22(10-7-17)38(29,35)36)14-32(31-25)27-30-24(15-37-27)26(33)34/h2-10,12-15,27,30H,11H2,1H3,(H,33,34)(H2,29,35,36). The maximum Gasteiger partial charge on any atom is 0.352 e. The van der Waals surface area contributed by atoms with Gasteiger partial charge in [-0.25, -0.2) is 27.4 Å². The molecule has 2 heterocycles. The highest BCUT2D eigenvalue weighted by molar-refractivity contribution is 8.02. The topological polar surface area (TPSA) is 127 Å². The Morgan fingerprint density at radius 1 is 1.13 bits per heavy atom. The van der Waals surface area contributed by atoms with Crippen LogP contribution in [0.2, 0.25) is 0 Å². The number of carboxylic acid groups (broad SMARTS) is 1. The number of halogens is 1. The van der Waals surface area contributed by atoms with E-state index >= 15 is 0 Å². The molecular weight excluding hydrogens is 527 g/mol. The molecular formula is C27H23FN4O4S2. The minimum Gasteiger partial charge on any atom is -0.477 e. The summed E-state index contributed by atoms with van der Waals surface area (Å²) in [5.41, 5.74) is 5.37. The Hall–Kier alpha value is -3.93. The fourth-order valence-corrected chi connectivity index (χ4v) is 5.63. The molecule has 3 aromatic carbocycles. The molecule has 0 saturated heterocycles. The van der Waals surface area contributed by atoms with Crippen molar-refractivity contribution >= 4 is 27.8 Å². The second-order valence-electron chi connectivity index (χ2n) is 8.86. The molecule has 0 radical (unpaired) electrons. The van der Waals surface area contributed by atoms with Gasteiger partial charge in [0.15, 0.2) is 5.50 Å². The van der Waals surface area contributed by atoms with Gasteiger partial charge in [0.1, 0.15) is 11.5 Å². The van der Waals surface area contributed by atoms with Crippen LogP contribution in [0.1, 0.15) is 22.2 Å². The van der Waals surface area contributed by atoms with Crippen LogP contribution in [0.4, 0.5) is 4.39 Å². The number of benzene rings is 3. The second-order valence-corrected chi connectivity index (χ2v) is 11.4. The summed E-state index contributed by atoms with van der Waals surface area (Å²) < 4.78 is 38.9. The van der Waals surface area contributed by atoms with Crippen LogP contribution < -0.4 is 10.5 Å². The summed E-state index contributed by atoms with van der Waals surface area (Å²) in [5.74, 6) is -1.38. The fraction of sp³-hybridized carbons (Fsp3) is 0.111. The van der Waals surface area contributed by atoms with Gasteiger partial charge in [-0.15, -0.1) is 0 Å². The third kappa shape index (κ3) is 5.35. The van der Waals surface area contributed by atoms with Gasteiger partial charge in [0.25, 0.3) is 0 Å². The molecule has 1 atom stereocenters. The molecule has 38 heavy (non-hydrogen) atoms. The number of thioether (sulfide) groups is 1. The Labute approximate surface area is 223 Å². The van der Waals surface area contributed by atoms with Crippen LogP contribution in [0.25, 0.3) is 22.4 Å². The van der Waals surface area contributed by atoms with E-state index in [1.807, 2.05) is 37.4 Å². The van der Waals surface area contributed by atoms with Crippen molar-refractivity contribution in [2.45, 2.75) is 23.7 Å². The number of sulfonamides is 1. The Morgan fingerprint density at radius 3 is 2.55 bits per heavy atom. The van der Waals surface area contributed by atoms with Crippen molar-refractivity contribution in [2.24, 2.45) is 5.14 Å². The Kier molecular flexibility index (Phi) is 6.82. The first-order chi connectivity index (χ1) is 18.1. The largest absolute Gasteiger partial charge is 0.477 e. The minimum atomic E-state index is -3.81. The Morgan fingerprint density at radius 2 is 1.89 bits per heavy atom. The lowest BCUT2D eigenvalue weighted by atomic mass is 9.95. The molecule has 1 aromatic heterocycles. The van der Waals surface area contributed by atoms with Gasteiger partial charge in [0.2, 0.25) is 10.0 Å². The van der Waals surface area contributed by atoms with Crippen LogP contribution in [0.5, 0.6) is 0 Å². The van der Waals surface area contributed by atoms with Crippen molar-refractivity contribution in [1.29, 1.82) is 0 Å². The number of nitrogens with zero attached hydrogens (tertiary/aromatic N) is 2. The van der Waals surface area contributed by atoms with Gasteiger partial charge in [-0.05, 0) is 59.5 Å². The maximum absolute atomic E-state index is 14.0. The molecule has 0 bridgehead atoms. The number of carboxylic acids is 1. The number of hydrogen-bond donors (Lipinski definition) is 3. The molecule has 0 spiro atoms. The third-order valence-corrected chi connectivity index (χ3v) is 8.06. The molecule has 1 aliphatic heterocycles. The SMILES string of the molecule is Cc1ccc(-c2nn(C3NC(C(=O)O)=CS3)cc2Cc2ccc(S(N)(=O)=O)cc2)cc1-c1cccc(F)c1. The van der Waals surface area contributed by atoms with E-state index in [9.17, 15) is 22.7 Å². The lowest BCUT2D eigenvalue weighted by Crippen LogP contribution is -2.23. The maximum atomic E-state index is 14.0. The van der Waals surface area contributed by atoms with Crippen molar-refractivity contribution < 1.29 is 22.7 Å². The van der Waals surface area contributed by atoms with Crippen molar-refractivity contribution in [1.82, 2.24) is 15.1 Å². The molecule has 0 saturated carbocycles. The first-order valence-corrected chi connectivity index (χ1v) is 14.0. The zero-order valence-electron chi connectivity index (χ0n) is 20.1. The first-order valence-electron chi connectivity index (χ1n) is 11.5. The van der Waals surface area contributed by atoms with Crippen LogP contribution >= 0.6 is 11.8 Å². The quantitative estimate of drug-likeness (QED) is 0.306. The smallest absolute Gasteiger partial charge is 0.352 e.